The van der Waals surface area contributed by atoms with Gasteiger partial charge < -0.3 is 20.1 Å². The molecule has 1 aliphatic heterocycles. The lowest BCUT2D eigenvalue weighted by Crippen LogP contribution is -2.31. The minimum atomic E-state index is -0.698. The number of anilines is 2. The number of carbonyl (C=O) groups excluding carboxylic acids is 2. The molecule has 0 saturated heterocycles. The summed E-state index contributed by atoms with van der Waals surface area (Å²) in [4.78, 5) is 24.8. The van der Waals surface area contributed by atoms with Gasteiger partial charge in [0, 0.05) is 32.2 Å². The van der Waals surface area contributed by atoms with Gasteiger partial charge in [0.2, 0.25) is 11.8 Å². The van der Waals surface area contributed by atoms with E-state index in [1.807, 2.05) is 6.07 Å². The molecule has 2 aromatic rings. The average molecular weight is 372 g/mol. The SMILES string of the molecule is COCCCOc1ccccc1NC(=O)C1CC(=O)Nc2cc(F)ccc21. The van der Waals surface area contributed by atoms with Crippen molar-refractivity contribution in [2.45, 2.75) is 18.8 Å². The Bertz CT molecular complexity index is 840. The van der Waals surface area contributed by atoms with Gasteiger partial charge in [-0.3, -0.25) is 9.59 Å². The molecule has 1 atom stereocenters. The van der Waals surface area contributed by atoms with Crippen LogP contribution in [0.15, 0.2) is 42.5 Å². The van der Waals surface area contributed by atoms with Crippen molar-refractivity contribution in [3.05, 3.63) is 53.8 Å². The van der Waals surface area contributed by atoms with E-state index in [0.29, 0.717) is 35.9 Å². The third kappa shape index (κ3) is 4.62. The van der Waals surface area contributed by atoms with Crippen LogP contribution in [0.25, 0.3) is 0 Å². The molecular formula is C20H21FN2O4. The highest BCUT2D eigenvalue weighted by atomic mass is 19.1. The Labute approximate surface area is 156 Å². The molecule has 0 saturated carbocycles. The van der Waals surface area contributed by atoms with Crippen LogP contribution < -0.4 is 15.4 Å². The first kappa shape index (κ1) is 18.8. The van der Waals surface area contributed by atoms with Crippen LogP contribution in [-0.2, 0) is 14.3 Å². The molecule has 0 bridgehead atoms. The molecule has 0 aromatic heterocycles. The molecule has 0 spiro atoms. The molecule has 2 aromatic carbocycles. The van der Waals surface area contributed by atoms with Crippen molar-refractivity contribution in [2.24, 2.45) is 0 Å². The summed E-state index contributed by atoms with van der Waals surface area (Å²) in [6.45, 7) is 1.04. The number of methoxy groups -OCH3 is 1. The monoisotopic (exact) mass is 372 g/mol. The second-order valence-corrected chi connectivity index (χ2v) is 6.22. The third-order valence-electron chi connectivity index (χ3n) is 4.27. The summed E-state index contributed by atoms with van der Waals surface area (Å²) >= 11 is 0. The number of nitrogens with one attached hydrogen (secondary N) is 2. The Hall–Kier alpha value is -2.93. The van der Waals surface area contributed by atoms with E-state index in [1.165, 1.54) is 18.2 Å². The number of ether oxygens (including phenoxy) is 2. The minimum Gasteiger partial charge on any atom is -0.491 e. The summed E-state index contributed by atoms with van der Waals surface area (Å²) < 4.78 is 24.1. The van der Waals surface area contributed by atoms with Gasteiger partial charge in [-0.15, -0.1) is 0 Å². The lowest BCUT2D eigenvalue weighted by Gasteiger charge is -2.25. The fourth-order valence-electron chi connectivity index (χ4n) is 2.97. The summed E-state index contributed by atoms with van der Waals surface area (Å²) in [7, 11) is 1.62. The summed E-state index contributed by atoms with van der Waals surface area (Å²) in [5, 5.41) is 5.43. The molecule has 2 amide bonds. The van der Waals surface area contributed by atoms with Gasteiger partial charge in [0.1, 0.15) is 11.6 Å². The number of halogens is 1. The van der Waals surface area contributed by atoms with Crippen molar-refractivity contribution >= 4 is 23.2 Å². The number of hydrogen-bond acceptors (Lipinski definition) is 4. The van der Waals surface area contributed by atoms with Gasteiger partial charge in [-0.05, 0) is 29.8 Å². The smallest absolute Gasteiger partial charge is 0.232 e. The first-order valence-electron chi connectivity index (χ1n) is 8.69. The van der Waals surface area contributed by atoms with Crippen LogP contribution in [0.4, 0.5) is 15.8 Å². The minimum absolute atomic E-state index is 0.00132. The van der Waals surface area contributed by atoms with Crippen LogP contribution in [0.2, 0.25) is 0 Å². The molecule has 3 rings (SSSR count). The summed E-state index contributed by atoms with van der Waals surface area (Å²) in [6, 6.07) is 11.1. The number of benzene rings is 2. The zero-order valence-electron chi connectivity index (χ0n) is 15.0. The molecule has 6 nitrogen and oxygen atoms in total. The summed E-state index contributed by atoms with van der Waals surface area (Å²) in [6.07, 6.45) is 0.724. The topological polar surface area (TPSA) is 76.7 Å². The van der Waals surface area contributed by atoms with Crippen LogP contribution in [0.1, 0.15) is 24.3 Å². The van der Waals surface area contributed by atoms with E-state index < -0.39 is 11.7 Å². The van der Waals surface area contributed by atoms with Gasteiger partial charge in [0.05, 0.1) is 18.2 Å². The Balaban J connectivity index is 1.76. The number of rotatable bonds is 7. The molecule has 1 aliphatic rings. The van der Waals surface area contributed by atoms with Crippen molar-refractivity contribution in [3.8, 4) is 5.75 Å². The molecule has 7 heteroatoms. The Morgan fingerprint density at radius 3 is 2.89 bits per heavy atom. The first-order chi connectivity index (χ1) is 13.1. The fourth-order valence-corrected chi connectivity index (χ4v) is 2.97. The second kappa shape index (κ2) is 8.64. The van der Waals surface area contributed by atoms with Crippen LogP contribution in [0.3, 0.4) is 0 Å². The predicted molar refractivity (Wildman–Crippen MR) is 99.4 cm³/mol. The van der Waals surface area contributed by atoms with Crippen LogP contribution in [0.5, 0.6) is 5.75 Å². The van der Waals surface area contributed by atoms with Gasteiger partial charge in [0.25, 0.3) is 0 Å². The van der Waals surface area contributed by atoms with Crippen LogP contribution >= 0.6 is 0 Å². The van der Waals surface area contributed by atoms with Crippen LogP contribution in [0, 0.1) is 5.82 Å². The summed E-state index contributed by atoms with van der Waals surface area (Å²) in [5.74, 6) is -1.29. The van der Waals surface area contributed by atoms with Gasteiger partial charge in [-0.1, -0.05) is 18.2 Å². The van der Waals surface area contributed by atoms with E-state index in [2.05, 4.69) is 10.6 Å². The van der Waals surface area contributed by atoms with E-state index >= 15 is 0 Å². The molecule has 27 heavy (non-hydrogen) atoms. The normalized spacial score (nSPS) is 15.6. The fraction of sp³-hybridized carbons (Fsp3) is 0.300. The highest BCUT2D eigenvalue weighted by molar-refractivity contribution is 6.05. The summed E-state index contributed by atoms with van der Waals surface area (Å²) in [5.41, 5.74) is 1.44. The maximum atomic E-state index is 13.4. The van der Waals surface area contributed by atoms with E-state index in [1.54, 1.807) is 25.3 Å². The number of hydrogen-bond donors (Lipinski definition) is 2. The molecule has 0 radical (unpaired) electrons. The third-order valence-corrected chi connectivity index (χ3v) is 4.27. The number of para-hydroxylation sites is 2. The average Bonchev–Trinajstić information content (AvgIpc) is 2.65. The molecule has 0 fully saturated rings. The van der Waals surface area contributed by atoms with Crippen molar-refractivity contribution in [1.82, 2.24) is 0 Å². The van der Waals surface area contributed by atoms with E-state index in [0.717, 1.165) is 6.42 Å². The zero-order chi connectivity index (χ0) is 19.2. The van der Waals surface area contributed by atoms with Gasteiger partial charge >= 0.3 is 0 Å². The van der Waals surface area contributed by atoms with Gasteiger partial charge in [-0.2, -0.15) is 0 Å². The lowest BCUT2D eigenvalue weighted by atomic mass is 9.89. The Kier molecular flexibility index (Phi) is 6.03. The molecule has 0 aliphatic carbocycles. The lowest BCUT2D eigenvalue weighted by molar-refractivity contribution is -0.123. The maximum Gasteiger partial charge on any atom is 0.232 e. The van der Waals surface area contributed by atoms with Crippen molar-refractivity contribution in [1.29, 1.82) is 0 Å². The van der Waals surface area contributed by atoms with Crippen molar-refractivity contribution in [2.75, 3.05) is 31.0 Å². The molecule has 1 unspecified atom stereocenters. The zero-order valence-corrected chi connectivity index (χ0v) is 15.0. The quantitative estimate of drug-likeness (QED) is 0.731. The van der Waals surface area contributed by atoms with Gasteiger partial charge in [-0.25, -0.2) is 4.39 Å². The largest absolute Gasteiger partial charge is 0.491 e. The molecule has 142 valence electrons. The standard InChI is InChI=1S/C20H21FN2O4/c1-26-9-4-10-27-18-6-3-2-5-16(18)23-20(25)15-12-19(24)22-17-11-13(21)7-8-14(15)17/h2-3,5-8,11,15H,4,9-10,12H2,1H3,(H,22,24)(H,23,25). The Morgan fingerprint density at radius 1 is 1.26 bits per heavy atom. The molecule has 2 N–H and O–H groups in total. The predicted octanol–water partition coefficient (Wildman–Crippen LogP) is 3.31. The Morgan fingerprint density at radius 2 is 2.07 bits per heavy atom. The van der Waals surface area contributed by atoms with Crippen molar-refractivity contribution < 1.29 is 23.5 Å². The maximum absolute atomic E-state index is 13.4. The number of fused-ring (bicyclic) bond motifs is 1. The number of amides is 2. The molecule has 1 heterocycles. The highest BCUT2D eigenvalue weighted by Gasteiger charge is 2.31. The molecular weight excluding hydrogens is 351 g/mol. The van der Waals surface area contributed by atoms with E-state index in [9.17, 15) is 14.0 Å². The van der Waals surface area contributed by atoms with E-state index in [-0.39, 0.29) is 18.2 Å². The number of carbonyl (C=O) groups is 2. The van der Waals surface area contributed by atoms with E-state index in [4.69, 9.17) is 9.47 Å². The highest BCUT2D eigenvalue weighted by Crippen LogP contribution is 2.34. The van der Waals surface area contributed by atoms with Crippen LogP contribution in [-0.4, -0.2) is 32.1 Å². The first-order valence-corrected chi connectivity index (χ1v) is 8.69. The van der Waals surface area contributed by atoms with Gasteiger partial charge in [0.15, 0.2) is 0 Å². The van der Waals surface area contributed by atoms with Crippen molar-refractivity contribution in [3.63, 3.8) is 0 Å². The second-order valence-electron chi connectivity index (χ2n) is 6.22.